The third-order valence-electron chi connectivity index (χ3n) is 2.99. The Bertz CT molecular complexity index is 392. The summed E-state index contributed by atoms with van der Waals surface area (Å²) in [5.41, 5.74) is 5.25. The Hall–Kier alpha value is -1.24. The number of aryl methyl sites for hydroxylation is 1. The van der Waals surface area contributed by atoms with Gasteiger partial charge in [0.25, 0.3) is 0 Å². The molecule has 0 bridgehead atoms. The van der Waals surface area contributed by atoms with E-state index in [2.05, 4.69) is 58.5 Å². The summed E-state index contributed by atoms with van der Waals surface area (Å²) in [4.78, 5) is 3.31. The first-order valence-corrected chi connectivity index (χ1v) is 5.99. The van der Waals surface area contributed by atoms with E-state index in [-0.39, 0.29) is 0 Å². The summed E-state index contributed by atoms with van der Waals surface area (Å²) in [7, 11) is 0. The largest absolute Gasteiger partial charge is 0.364 e. The highest BCUT2D eigenvalue weighted by Crippen LogP contribution is 2.26. The first-order chi connectivity index (χ1) is 7.47. The molecule has 1 nitrogen and oxygen atoms in total. The number of aromatic nitrogens is 1. The number of hydrogen-bond acceptors (Lipinski definition) is 0. The van der Waals surface area contributed by atoms with E-state index in [1.54, 1.807) is 0 Å². The van der Waals surface area contributed by atoms with Gasteiger partial charge in [-0.2, -0.15) is 0 Å². The quantitative estimate of drug-likeness (QED) is 0.705. The van der Waals surface area contributed by atoms with Crippen LogP contribution in [0, 0.1) is 12.8 Å². The molecule has 0 saturated carbocycles. The Balaban J connectivity index is 3.21. The van der Waals surface area contributed by atoms with Crippen LogP contribution in [-0.4, -0.2) is 4.98 Å². The summed E-state index contributed by atoms with van der Waals surface area (Å²) in [5.74, 6) is 1.07. The summed E-state index contributed by atoms with van der Waals surface area (Å²) in [6, 6.07) is 0. The summed E-state index contributed by atoms with van der Waals surface area (Å²) >= 11 is 0. The van der Waals surface area contributed by atoms with E-state index in [1.165, 1.54) is 22.4 Å². The molecule has 0 fully saturated rings. The number of hydrogen-bond donors (Lipinski definition) is 1. The van der Waals surface area contributed by atoms with Crippen LogP contribution in [0.25, 0.3) is 6.08 Å². The van der Waals surface area contributed by atoms with Gasteiger partial charge in [0.05, 0.1) is 0 Å². The van der Waals surface area contributed by atoms with Gasteiger partial charge in [-0.1, -0.05) is 40.3 Å². The monoisotopic (exact) mass is 217 g/mol. The van der Waals surface area contributed by atoms with Crippen molar-refractivity contribution >= 4 is 6.08 Å². The minimum atomic E-state index is 0.520. The van der Waals surface area contributed by atoms with Gasteiger partial charge >= 0.3 is 0 Å². The lowest BCUT2D eigenvalue weighted by Crippen LogP contribution is -1.93. The molecule has 0 amide bonds. The highest BCUT2D eigenvalue weighted by atomic mass is 14.7. The second kappa shape index (κ2) is 5.20. The Labute approximate surface area is 99.3 Å². The molecule has 1 heteroatoms. The summed E-state index contributed by atoms with van der Waals surface area (Å²) in [6.07, 6.45) is 6.34. The maximum absolute atomic E-state index is 3.89. The van der Waals surface area contributed by atoms with E-state index in [0.29, 0.717) is 11.8 Å². The number of allylic oxidation sites excluding steroid dienone is 2. The second-order valence-corrected chi connectivity index (χ2v) is 4.94. The molecule has 1 aromatic rings. The summed E-state index contributed by atoms with van der Waals surface area (Å²) < 4.78 is 0. The Kier molecular flexibility index (Phi) is 4.17. The molecule has 1 heterocycles. The molecule has 0 radical (unpaired) electrons. The summed E-state index contributed by atoms with van der Waals surface area (Å²) in [6.45, 7) is 14.9. The van der Waals surface area contributed by atoms with Crippen molar-refractivity contribution < 1.29 is 0 Å². The van der Waals surface area contributed by atoms with Gasteiger partial charge in [0.15, 0.2) is 0 Å². The lowest BCUT2D eigenvalue weighted by atomic mass is 9.95. The van der Waals surface area contributed by atoms with Crippen LogP contribution in [0.3, 0.4) is 0 Å². The minimum Gasteiger partial charge on any atom is -0.364 e. The normalized spacial score (nSPS) is 12.6. The van der Waals surface area contributed by atoms with Crippen molar-refractivity contribution in [3.05, 3.63) is 41.2 Å². The van der Waals surface area contributed by atoms with Gasteiger partial charge in [0.1, 0.15) is 0 Å². The SMILES string of the molecule is C=C/C(=C\c1c(C(C)C)c[nH]c1C)C(C)C. The molecule has 0 aliphatic heterocycles. The molecule has 0 spiro atoms. The van der Waals surface area contributed by atoms with Crippen LogP contribution in [-0.2, 0) is 0 Å². The zero-order valence-electron chi connectivity index (χ0n) is 11.1. The first kappa shape index (κ1) is 12.8. The molecule has 0 aliphatic carbocycles. The van der Waals surface area contributed by atoms with Crippen LogP contribution in [0.4, 0.5) is 0 Å². The molecule has 0 unspecified atom stereocenters. The standard InChI is InChI=1S/C15H23N/c1-7-13(10(2)3)8-14-12(6)16-9-15(14)11(4)5/h7-11,16H,1H2,2-6H3/b13-8+. The fourth-order valence-electron chi connectivity index (χ4n) is 1.86. The molecule has 1 N–H and O–H groups in total. The topological polar surface area (TPSA) is 15.8 Å². The van der Waals surface area contributed by atoms with Crippen molar-refractivity contribution in [1.82, 2.24) is 4.98 Å². The van der Waals surface area contributed by atoms with Crippen molar-refractivity contribution in [1.29, 1.82) is 0 Å². The number of H-pyrrole nitrogens is 1. The van der Waals surface area contributed by atoms with Gasteiger partial charge < -0.3 is 4.98 Å². The van der Waals surface area contributed by atoms with E-state index < -0.39 is 0 Å². The Morgan fingerprint density at radius 2 is 1.94 bits per heavy atom. The average Bonchev–Trinajstić information content (AvgIpc) is 2.56. The fraction of sp³-hybridized carbons (Fsp3) is 0.467. The molecule has 0 atom stereocenters. The minimum absolute atomic E-state index is 0.520. The lowest BCUT2D eigenvalue weighted by Gasteiger charge is -2.09. The molecule has 0 aromatic carbocycles. The first-order valence-electron chi connectivity index (χ1n) is 5.99. The predicted molar refractivity (Wildman–Crippen MR) is 72.6 cm³/mol. The van der Waals surface area contributed by atoms with Crippen LogP contribution in [0.1, 0.15) is 50.4 Å². The van der Waals surface area contributed by atoms with Crippen molar-refractivity contribution in [3.8, 4) is 0 Å². The molecular weight excluding hydrogens is 194 g/mol. The molecule has 1 aromatic heterocycles. The van der Waals surface area contributed by atoms with Crippen LogP contribution >= 0.6 is 0 Å². The smallest absolute Gasteiger partial charge is 0.0192 e. The third kappa shape index (κ3) is 2.66. The molecule has 16 heavy (non-hydrogen) atoms. The molecule has 0 aliphatic rings. The van der Waals surface area contributed by atoms with Crippen molar-refractivity contribution in [3.63, 3.8) is 0 Å². The van der Waals surface area contributed by atoms with Gasteiger partial charge in [0.2, 0.25) is 0 Å². The van der Waals surface area contributed by atoms with Crippen molar-refractivity contribution in [2.75, 3.05) is 0 Å². The van der Waals surface area contributed by atoms with E-state index >= 15 is 0 Å². The van der Waals surface area contributed by atoms with Gasteiger partial charge in [-0.05, 0) is 41.5 Å². The van der Waals surface area contributed by atoms with E-state index in [9.17, 15) is 0 Å². The van der Waals surface area contributed by atoms with Crippen LogP contribution in [0.2, 0.25) is 0 Å². The number of aromatic amines is 1. The zero-order chi connectivity index (χ0) is 12.3. The van der Waals surface area contributed by atoms with E-state index in [1.807, 2.05) is 6.08 Å². The van der Waals surface area contributed by atoms with Crippen LogP contribution in [0.5, 0.6) is 0 Å². The number of rotatable bonds is 4. The summed E-state index contributed by atoms with van der Waals surface area (Å²) in [5, 5.41) is 0. The average molecular weight is 217 g/mol. The zero-order valence-corrected chi connectivity index (χ0v) is 11.1. The Morgan fingerprint density at radius 3 is 2.38 bits per heavy atom. The molecule has 0 saturated heterocycles. The van der Waals surface area contributed by atoms with E-state index in [4.69, 9.17) is 0 Å². The van der Waals surface area contributed by atoms with Gasteiger partial charge in [-0.25, -0.2) is 0 Å². The van der Waals surface area contributed by atoms with Crippen LogP contribution < -0.4 is 0 Å². The Morgan fingerprint density at radius 1 is 1.31 bits per heavy atom. The second-order valence-electron chi connectivity index (χ2n) is 4.94. The molecule has 1 rings (SSSR count). The highest BCUT2D eigenvalue weighted by Gasteiger charge is 2.10. The maximum Gasteiger partial charge on any atom is 0.0192 e. The number of nitrogens with one attached hydrogen (secondary N) is 1. The van der Waals surface area contributed by atoms with Gasteiger partial charge in [-0.3, -0.25) is 0 Å². The van der Waals surface area contributed by atoms with Gasteiger partial charge in [-0.15, -0.1) is 0 Å². The fourth-order valence-corrected chi connectivity index (χ4v) is 1.86. The van der Waals surface area contributed by atoms with E-state index in [0.717, 1.165) is 0 Å². The predicted octanol–water partition coefficient (Wildman–Crippen LogP) is 4.67. The molecule has 88 valence electrons. The maximum atomic E-state index is 3.89. The van der Waals surface area contributed by atoms with Crippen molar-refractivity contribution in [2.45, 2.75) is 40.5 Å². The highest BCUT2D eigenvalue weighted by molar-refractivity contribution is 5.62. The molecular formula is C15H23N. The lowest BCUT2D eigenvalue weighted by molar-refractivity contribution is 0.797. The third-order valence-corrected chi connectivity index (χ3v) is 2.99. The van der Waals surface area contributed by atoms with Gasteiger partial charge in [0, 0.05) is 11.9 Å². The van der Waals surface area contributed by atoms with Crippen molar-refractivity contribution in [2.24, 2.45) is 5.92 Å². The van der Waals surface area contributed by atoms with Crippen LogP contribution in [0.15, 0.2) is 24.4 Å².